The Balaban J connectivity index is 1.96. The molecule has 0 saturated carbocycles. The van der Waals surface area contributed by atoms with Crippen molar-refractivity contribution in [2.24, 2.45) is 0 Å². The van der Waals surface area contributed by atoms with Gasteiger partial charge in [0.2, 0.25) is 0 Å². The Kier molecular flexibility index (Phi) is 7.06. The minimum Gasteiger partial charge on any atom is -0.443 e. The lowest BCUT2D eigenvalue weighted by Gasteiger charge is -2.36. The largest absolute Gasteiger partial charge is 0.443 e. The summed E-state index contributed by atoms with van der Waals surface area (Å²) in [6.45, 7) is 6.93. The number of nitrogens with two attached hydrogens (primary N) is 1. The van der Waals surface area contributed by atoms with Gasteiger partial charge in [-0.2, -0.15) is 0 Å². The Morgan fingerprint density at radius 3 is 2.81 bits per heavy atom. The lowest BCUT2D eigenvalue weighted by Crippen LogP contribution is -2.50. The van der Waals surface area contributed by atoms with E-state index in [1.54, 1.807) is 17.2 Å². The Bertz CT molecular complexity index is 958. The third-order valence-electron chi connectivity index (χ3n) is 4.52. The van der Waals surface area contributed by atoms with Crippen molar-refractivity contribution in [2.45, 2.75) is 45.3 Å². The number of piperidine rings is 1. The van der Waals surface area contributed by atoms with E-state index in [4.69, 9.17) is 10.5 Å². The summed E-state index contributed by atoms with van der Waals surface area (Å²) in [5.74, 6) is -0.571. The average Bonchev–Trinajstić information content (AvgIpc) is 2.70. The molecule has 1 saturated heterocycles. The number of amides is 2. The lowest BCUT2D eigenvalue weighted by atomic mass is 10.1. The van der Waals surface area contributed by atoms with Crippen molar-refractivity contribution in [3.05, 3.63) is 35.0 Å². The van der Waals surface area contributed by atoms with Crippen LogP contribution in [0.2, 0.25) is 0 Å². The normalized spacial score (nSPS) is 16.5. The third-order valence-corrected chi connectivity index (χ3v) is 4.90. The van der Waals surface area contributed by atoms with Crippen LogP contribution in [0.25, 0.3) is 0 Å². The van der Waals surface area contributed by atoms with Gasteiger partial charge in [0.1, 0.15) is 10.2 Å². The summed E-state index contributed by atoms with van der Waals surface area (Å²) in [6.07, 6.45) is 5.66. The zero-order valence-electron chi connectivity index (χ0n) is 17.7. The van der Waals surface area contributed by atoms with E-state index in [9.17, 15) is 9.59 Å². The van der Waals surface area contributed by atoms with Gasteiger partial charge in [-0.1, -0.05) is 0 Å². The second kappa shape index (κ2) is 9.56. The van der Waals surface area contributed by atoms with Gasteiger partial charge in [-0.25, -0.2) is 14.8 Å². The molecule has 0 radical (unpaired) electrons. The summed E-state index contributed by atoms with van der Waals surface area (Å²) in [4.78, 5) is 39.7. The molecule has 1 atom stereocenters. The van der Waals surface area contributed by atoms with Crippen molar-refractivity contribution in [1.29, 1.82) is 0 Å². The quantitative estimate of drug-likeness (QED) is 0.593. The topological polar surface area (TPSA) is 135 Å². The SMILES string of the molecule is CC(C)(C)OC(=O)N(c1ccncc1NC(=O)c1nc(Br)cnc1N)C1CCCNC1. The van der Waals surface area contributed by atoms with Crippen LogP contribution in [-0.2, 0) is 4.74 Å². The van der Waals surface area contributed by atoms with Gasteiger partial charge < -0.3 is 21.1 Å². The van der Waals surface area contributed by atoms with E-state index in [2.05, 4.69) is 41.5 Å². The number of hydrogen-bond acceptors (Lipinski definition) is 8. The van der Waals surface area contributed by atoms with Crippen molar-refractivity contribution in [1.82, 2.24) is 20.3 Å². The smallest absolute Gasteiger partial charge is 0.415 e. The van der Waals surface area contributed by atoms with E-state index in [0.29, 0.717) is 22.5 Å². The standard InChI is InChI=1S/C20H26BrN7O3/c1-20(2,3)31-19(30)28(12-5-4-7-23-9-12)14-6-8-24-10-13(14)26-18(29)16-17(22)25-11-15(21)27-16/h6,8,10-12,23H,4-5,7,9H2,1-3H3,(H2,22,25)(H,26,29). The third kappa shape index (κ3) is 5.88. The van der Waals surface area contributed by atoms with Crippen LogP contribution in [0.1, 0.15) is 44.1 Å². The van der Waals surface area contributed by atoms with Crippen LogP contribution in [0.15, 0.2) is 29.3 Å². The molecule has 10 nitrogen and oxygen atoms in total. The van der Waals surface area contributed by atoms with Crippen LogP contribution in [0.3, 0.4) is 0 Å². The molecule has 1 aliphatic rings. The first-order valence-electron chi connectivity index (χ1n) is 9.92. The predicted octanol–water partition coefficient (Wildman–Crippen LogP) is 2.96. The zero-order chi connectivity index (χ0) is 22.6. The zero-order valence-corrected chi connectivity index (χ0v) is 19.3. The first kappa shape index (κ1) is 22.9. The van der Waals surface area contributed by atoms with Crippen LogP contribution in [0.4, 0.5) is 22.0 Å². The van der Waals surface area contributed by atoms with Gasteiger partial charge in [0.25, 0.3) is 5.91 Å². The van der Waals surface area contributed by atoms with E-state index < -0.39 is 17.6 Å². The number of carbonyl (C=O) groups is 2. The van der Waals surface area contributed by atoms with Crippen molar-refractivity contribution in [2.75, 3.05) is 29.0 Å². The van der Waals surface area contributed by atoms with Gasteiger partial charge in [-0.15, -0.1) is 0 Å². The maximum absolute atomic E-state index is 13.2. The van der Waals surface area contributed by atoms with Gasteiger partial charge in [-0.05, 0) is 62.2 Å². The van der Waals surface area contributed by atoms with Crippen molar-refractivity contribution in [3.63, 3.8) is 0 Å². The fourth-order valence-electron chi connectivity index (χ4n) is 3.23. The van der Waals surface area contributed by atoms with Crippen molar-refractivity contribution >= 4 is 45.1 Å². The molecule has 2 aromatic heterocycles. The molecule has 4 N–H and O–H groups in total. The Morgan fingerprint density at radius 1 is 1.35 bits per heavy atom. The number of aromatic nitrogens is 3. The number of halogens is 1. The highest BCUT2D eigenvalue weighted by molar-refractivity contribution is 9.10. The Morgan fingerprint density at radius 2 is 2.13 bits per heavy atom. The highest BCUT2D eigenvalue weighted by Gasteiger charge is 2.32. The summed E-state index contributed by atoms with van der Waals surface area (Å²) >= 11 is 3.19. The van der Waals surface area contributed by atoms with E-state index in [-0.39, 0.29) is 17.6 Å². The van der Waals surface area contributed by atoms with Crippen LogP contribution < -0.4 is 21.3 Å². The van der Waals surface area contributed by atoms with E-state index in [1.807, 2.05) is 20.8 Å². The minimum absolute atomic E-state index is 0.00776. The van der Waals surface area contributed by atoms with Gasteiger partial charge in [0.15, 0.2) is 11.5 Å². The molecule has 0 aromatic carbocycles. The molecule has 0 bridgehead atoms. The summed E-state index contributed by atoms with van der Waals surface area (Å²) in [5.41, 5.74) is 5.92. The summed E-state index contributed by atoms with van der Waals surface area (Å²) in [5, 5.41) is 6.07. The predicted molar refractivity (Wildman–Crippen MR) is 121 cm³/mol. The molecule has 0 aliphatic carbocycles. The lowest BCUT2D eigenvalue weighted by molar-refractivity contribution is 0.0560. The van der Waals surface area contributed by atoms with Gasteiger partial charge in [-0.3, -0.25) is 14.7 Å². The molecule has 3 rings (SSSR count). The molecule has 1 unspecified atom stereocenters. The second-order valence-corrected chi connectivity index (χ2v) is 8.94. The van der Waals surface area contributed by atoms with Crippen molar-refractivity contribution in [3.8, 4) is 0 Å². The van der Waals surface area contributed by atoms with E-state index in [0.717, 1.165) is 19.4 Å². The van der Waals surface area contributed by atoms with Gasteiger partial charge >= 0.3 is 6.09 Å². The first-order valence-corrected chi connectivity index (χ1v) is 10.7. The van der Waals surface area contributed by atoms with Crippen LogP contribution >= 0.6 is 15.9 Å². The molecule has 31 heavy (non-hydrogen) atoms. The molecule has 2 aromatic rings. The number of carbonyl (C=O) groups excluding carboxylic acids is 2. The highest BCUT2D eigenvalue weighted by Crippen LogP contribution is 2.30. The fraction of sp³-hybridized carbons (Fsp3) is 0.450. The number of nitrogen functional groups attached to an aromatic ring is 1. The minimum atomic E-state index is -0.672. The summed E-state index contributed by atoms with van der Waals surface area (Å²) < 4.78 is 6.04. The van der Waals surface area contributed by atoms with Gasteiger partial charge in [0.05, 0.1) is 29.8 Å². The maximum Gasteiger partial charge on any atom is 0.415 e. The molecule has 1 aliphatic heterocycles. The molecule has 0 spiro atoms. The molecule has 166 valence electrons. The first-order chi connectivity index (χ1) is 14.7. The number of pyridine rings is 1. The number of nitrogens with zero attached hydrogens (tertiary/aromatic N) is 4. The molecule has 1 fully saturated rings. The molecule has 3 heterocycles. The fourth-order valence-corrected chi connectivity index (χ4v) is 3.51. The summed E-state index contributed by atoms with van der Waals surface area (Å²) in [6, 6.07) is 1.53. The highest BCUT2D eigenvalue weighted by atomic mass is 79.9. The summed E-state index contributed by atoms with van der Waals surface area (Å²) in [7, 11) is 0. The van der Waals surface area contributed by atoms with Crippen LogP contribution in [0.5, 0.6) is 0 Å². The molecular weight excluding hydrogens is 466 g/mol. The van der Waals surface area contributed by atoms with Crippen molar-refractivity contribution < 1.29 is 14.3 Å². The van der Waals surface area contributed by atoms with Crippen LogP contribution in [-0.4, -0.2) is 51.7 Å². The van der Waals surface area contributed by atoms with E-state index >= 15 is 0 Å². The number of rotatable bonds is 4. The maximum atomic E-state index is 13.2. The second-order valence-electron chi connectivity index (χ2n) is 8.12. The number of anilines is 3. The Hall–Kier alpha value is -2.79. The van der Waals surface area contributed by atoms with Crippen LogP contribution in [0, 0.1) is 0 Å². The molecule has 2 amide bonds. The molecular formula is C20H26BrN7O3. The molecule has 11 heteroatoms. The average molecular weight is 492 g/mol. The Labute approximate surface area is 189 Å². The monoisotopic (exact) mass is 491 g/mol. The van der Waals surface area contributed by atoms with E-state index in [1.165, 1.54) is 12.4 Å². The van der Waals surface area contributed by atoms with Gasteiger partial charge in [0, 0.05) is 12.7 Å². The number of hydrogen-bond donors (Lipinski definition) is 3. The number of ether oxygens (including phenoxy) is 1. The number of nitrogens with one attached hydrogen (secondary N) is 2.